The lowest BCUT2D eigenvalue weighted by Gasteiger charge is -2.40. The third-order valence-corrected chi connectivity index (χ3v) is 3.59. The van der Waals surface area contributed by atoms with Crippen LogP contribution < -0.4 is 10.6 Å². The molecule has 2 rings (SSSR count). The van der Waals surface area contributed by atoms with Crippen molar-refractivity contribution in [2.45, 2.75) is 38.3 Å². The van der Waals surface area contributed by atoms with E-state index in [1.165, 1.54) is 19.3 Å². The first-order valence-corrected chi connectivity index (χ1v) is 6.73. The summed E-state index contributed by atoms with van der Waals surface area (Å²) in [6.07, 6.45) is 8.15. The molecule has 0 aromatic heterocycles. The fourth-order valence-corrected chi connectivity index (χ4v) is 2.72. The van der Waals surface area contributed by atoms with E-state index in [0.29, 0.717) is 12.6 Å². The maximum atomic E-state index is 12.0. The zero-order chi connectivity index (χ0) is 12.1. The Kier molecular flexibility index (Phi) is 4.57. The normalized spacial score (nSPS) is 30.2. The van der Waals surface area contributed by atoms with Crippen molar-refractivity contribution in [3.05, 3.63) is 12.2 Å². The van der Waals surface area contributed by atoms with E-state index in [4.69, 9.17) is 0 Å². The Morgan fingerprint density at radius 3 is 3.18 bits per heavy atom. The van der Waals surface area contributed by atoms with E-state index < -0.39 is 0 Å². The molecular formula is C13H23N3O. The topological polar surface area (TPSA) is 44.4 Å². The molecule has 2 N–H and O–H groups in total. The smallest absolute Gasteiger partial charge is 0.238 e. The van der Waals surface area contributed by atoms with Gasteiger partial charge < -0.3 is 10.6 Å². The molecule has 2 unspecified atom stereocenters. The van der Waals surface area contributed by atoms with Crippen LogP contribution in [0.1, 0.15) is 26.2 Å². The van der Waals surface area contributed by atoms with E-state index in [0.717, 1.165) is 19.6 Å². The maximum absolute atomic E-state index is 12.0. The first kappa shape index (κ1) is 12.6. The fraction of sp³-hybridized carbons (Fsp3) is 0.769. The van der Waals surface area contributed by atoms with Crippen molar-refractivity contribution >= 4 is 5.91 Å². The Labute approximate surface area is 103 Å². The Bertz CT molecular complexity index is 290. The van der Waals surface area contributed by atoms with Crippen molar-refractivity contribution in [3.8, 4) is 0 Å². The standard InChI is InChI=1S/C13H23N3O/c1-2-15-13(17)12-10-14-8-9-16(12)11-6-4-3-5-7-11/h4,6,11-12,14H,2-3,5,7-10H2,1H3,(H,15,17). The van der Waals surface area contributed by atoms with Crippen molar-refractivity contribution in [3.63, 3.8) is 0 Å². The molecule has 0 bridgehead atoms. The number of rotatable bonds is 3. The van der Waals surface area contributed by atoms with Crippen LogP contribution in [0.2, 0.25) is 0 Å². The summed E-state index contributed by atoms with van der Waals surface area (Å²) in [6, 6.07) is 0.454. The Morgan fingerprint density at radius 2 is 2.47 bits per heavy atom. The number of carbonyl (C=O) groups is 1. The van der Waals surface area contributed by atoms with Gasteiger partial charge in [-0.2, -0.15) is 0 Å². The molecule has 0 spiro atoms. The fourth-order valence-electron chi connectivity index (χ4n) is 2.72. The third-order valence-electron chi connectivity index (χ3n) is 3.59. The van der Waals surface area contributed by atoms with E-state index in [2.05, 4.69) is 27.7 Å². The lowest BCUT2D eigenvalue weighted by molar-refractivity contribution is -0.127. The van der Waals surface area contributed by atoms with Gasteiger partial charge in [0.1, 0.15) is 6.04 Å². The number of piperazine rings is 1. The van der Waals surface area contributed by atoms with Gasteiger partial charge in [0.2, 0.25) is 5.91 Å². The first-order valence-electron chi connectivity index (χ1n) is 6.73. The second-order valence-electron chi connectivity index (χ2n) is 4.78. The van der Waals surface area contributed by atoms with Gasteiger partial charge in [0.15, 0.2) is 0 Å². The van der Waals surface area contributed by atoms with Crippen LogP contribution in [0.3, 0.4) is 0 Å². The molecule has 2 atom stereocenters. The quantitative estimate of drug-likeness (QED) is 0.703. The molecule has 0 saturated carbocycles. The Balaban J connectivity index is 2.03. The van der Waals surface area contributed by atoms with Crippen LogP contribution in [0.25, 0.3) is 0 Å². The number of hydrogen-bond donors (Lipinski definition) is 2. The van der Waals surface area contributed by atoms with Crippen LogP contribution in [0.4, 0.5) is 0 Å². The number of likely N-dealkylation sites (N-methyl/N-ethyl adjacent to an activating group) is 1. The van der Waals surface area contributed by atoms with Crippen LogP contribution in [-0.4, -0.2) is 49.1 Å². The molecule has 2 aliphatic rings. The van der Waals surface area contributed by atoms with E-state index >= 15 is 0 Å². The zero-order valence-corrected chi connectivity index (χ0v) is 10.6. The summed E-state index contributed by atoms with van der Waals surface area (Å²) in [7, 11) is 0. The van der Waals surface area contributed by atoms with Crippen molar-refractivity contribution in [2.24, 2.45) is 0 Å². The number of allylic oxidation sites excluding steroid dienone is 1. The second kappa shape index (κ2) is 6.17. The molecule has 1 amide bonds. The van der Waals surface area contributed by atoms with Gasteiger partial charge in [0.05, 0.1) is 0 Å². The second-order valence-corrected chi connectivity index (χ2v) is 4.78. The molecule has 1 aliphatic heterocycles. The van der Waals surface area contributed by atoms with Crippen molar-refractivity contribution < 1.29 is 4.79 Å². The van der Waals surface area contributed by atoms with Gasteiger partial charge in [-0.3, -0.25) is 9.69 Å². The SMILES string of the molecule is CCNC(=O)C1CNCCN1C1C=CCCC1. The van der Waals surface area contributed by atoms with Crippen molar-refractivity contribution in [1.82, 2.24) is 15.5 Å². The predicted molar refractivity (Wildman–Crippen MR) is 68.8 cm³/mol. The summed E-state index contributed by atoms with van der Waals surface area (Å²) < 4.78 is 0. The highest BCUT2D eigenvalue weighted by Gasteiger charge is 2.32. The average Bonchev–Trinajstić information content (AvgIpc) is 2.40. The number of nitrogens with one attached hydrogen (secondary N) is 2. The minimum Gasteiger partial charge on any atom is -0.355 e. The minimum absolute atomic E-state index is 0.00329. The van der Waals surface area contributed by atoms with E-state index in [-0.39, 0.29) is 11.9 Å². The molecule has 1 saturated heterocycles. The highest BCUT2D eigenvalue weighted by molar-refractivity contribution is 5.82. The molecule has 1 heterocycles. The summed E-state index contributed by atoms with van der Waals surface area (Å²) in [5, 5.41) is 6.26. The molecule has 17 heavy (non-hydrogen) atoms. The highest BCUT2D eigenvalue weighted by atomic mass is 16.2. The third kappa shape index (κ3) is 3.07. The zero-order valence-electron chi connectivity index (χ0n) is 10.6. The molecule has 96 valence electrons. The van der Waals surface area contributed by atoms with Gasteiger partial charge in [-0.15, -0.1) is 0 Å². The van der Waals surface area contributed by atoms with Crippen LogP contribution >= 0.6 is 0 Å². The highest BCUT2D eigenvalue weighted by Crippen LogP contribution is 2.19. The van der Waals surface area contributed by atoms with Gasteiger partial charge in [-0.25, -0.2) is 0 Å². The predicted octanol–water partition coefficient (Wildman–Crippen LogP) is 0.505. The molecule has 0 radical (unpaired) electrons. The van der Waals surface area contributed by atoms with E-state index in [9.17, 15) is 4.79 Å². The van der Waals surface area contributed by atoms with Crippen LogP contribution in [-0.2, 0) is 4.79 Å². The van der Waals surface area contributed by atoms with Crippen LogP contribution in [0.15, 0.2) is 12.2 Å². The van der Waals surface area contributed by atoms with Gasteiger partial charge >= 0.3 is 0 Å². The summed E-state index contributed by atoms with van der Waals surface area (Å²) in [6.45, 7) is 5.41. The lowest BCUT2D eigenvalue weighted by atomic mass is 9.98. The summed E-state index contributed by atoms with van der Waals surface area (Å²) in [5.41, 5.74) is 0. The van der Waals surface area contributed by atoms with E-state index in [1.807, 2.05) is 6.92 Å². The molecular weight excluding hydrogens is 214 g/mol. The van der Waals surface area contributed by atoms with Crippen molar-refractivity contribution in [2.75, 3.05) is 26.2 Å². The minimum atomic E-state index is -0.00329. The van der Waals surface area contributed by atoms with E-state index in [1.54, 1.807) is 0 Å². The summed E-state index contributed by atoms with van der Waals surface area (Å²) in [5.74, 6) is 0.165. The van der Waals surface area contributed by atoms with Gasteiger partial charge in [-0.05, 0) is 26.2 Å². The molecule has 0 aromatic rings. The first-order chi connectivity index (χ1) is 8.33. The van der Waals surface area contributed by atoms with Crippen molar-refractivity contribution in [1.29, 1.82) is 0 Å². The van der Waals surface area contributed by atoms with Crippen LogP contribution in [0, 0.1) is 0 Å². The molecule has 4 heteroatoms. The summed E-state index contributed by atoms with van der Waals surface area (Å²) in [4.78, 5) is 14.4. The Morgan fingerprint density at radius 1 is 1.59 bits per heavy atom. The Hall–Kier alpha value is -0.870. The van der Waals surface area contributed by atoms with Crippen LogP contribution in [0.5, 0.6) is 0 Å². The molecule has 0 aromatic carbocycles. The average molecular weight is 237 g/mol. The van der Waals surface area contributed by atoms with Gasteiger partial charge in [0.25, 0.3) is 0 Å². The molecule has 1 fully saturated rings. The summed E-state index contributed by atoms with van der Waals surface area (Å²) >= 11 is 0. The monoisotopic (exact) mass is 237 g/mol. The van der Waals surface area contributed by atoms with Gasteiger partial charge in [0, 0.05) is 32.2 Å². The molecule has 1 aliphatic carbocycles. The van der Waals surface area contributed by atoms with Gasteiger partial charge in [-0.1, -0.05) is 12.2 Å². The number of carbonyl (C=O) groups excluding carboxylic acids is 1. The number of amides is 1. The number of hydrogen-bond acceptors (Lipinski definition) is 3. The largest absolute Gasteiger partial charge is 0.355 e. The maximum Gasteiger partial charge on any atom is 0.238 e. The number of nitrogens with zero attached hydrogens (tertiary/aromatic N) is 1. The molecule has 4 nitrogen and oxygen atoms in total. The lowest BCUT2D eigenvalue weighted by Crippen LogP contribution is -2.60.